The summed E-state index contributed by atoms with van der Waals surface area (Å²) in [6.07, 6.45) is 0. The van der Waals surface area contributed by atoms with Gasteiger partial charge in [0.1, 0.15) is 16.6 Å². The first-order chi connectivity index (χ1) is 9.19. The Morgan fingerprint density at radius 2 is 2.05 bits per heavy atom. The third kappa shape index (κ3) is 2.08. The van der Waals surface area contributed by atoms with Gasteiger partial charge in [-0.15, -0.1) is 11.3 Å². The van der Waals surface area contributed by atoms with Crippen LogP contribution in [0, 0.1) is 12.7 Å². The minimum absolute atomic E-state index is 0.237. The predicted octanol–water partition coefficient (Wildman–Crippen LogP) is 4.42. The average Bonchev–Trinajstić information content (AvgIpc) is 2.80. The van der Waals surface area contributed by atoms with Gasteiger partial charge in [0.05, 0.1) is 22.9 Å². The van der Waals surface area contributed by atoms with Gasteiger partial charge in [0.15, 0.2) is 0 Å². The molecule has 3 rings (SSSR count). The molecule has 0 bridgehead atoms. The van der Waals surface area contributed by atoms with Crippen molar-refractivity contribution < 1.29 is 9.13 Å². The molecule has 0 aliphatic heterocycles. The van der Waals surface area contributed by atoms with E-state index in [0.717, 1.165) is 32.1 Å². The lowest BCUT2D eigenvalue weighted by atomic mass is 10.1. The predicted molar refractivity (Wildman–Crippen MR) is 76.3 cm³/mol. The van der Waals surface area contributed by atoms with Gasteiger partial charge in [0.25, 0.3) is 0 Å². The first-order valence-corrected chi connectivity index (χ1v) is 6.71. The molecule has 0 saturated heterocycles. The van der Waals surface area contributed by atoms with E-state index < -0.39 is 0 Å². The van der Waals surface area contributed by atoms with Crippen LogP contribution in [0.5, 0.6) is 5.75 Å². The number of fused-ring (bicyclic) bond motifs is 1. The maximum absolute atomic E-state index is 13.2. The summed E-state index contributed by atoms with van der Waals surface area (Å²) in [4.78, 5) is 4.57. The molecule has 0 fully saturated rings. The van der Waals surface area contributed by atoms with Crippen LogP contribution in [0.3, 0.4) is 0 Å². The van der Waals surface area contributed by atoms with Crippen LogP contribution in [-0.4, -0.2) is 12.1 Å². The third-order valence-corrected chi connectivity index (χ3v) is 4.05. The summed E-state index contributed by atoms with van der Waals surface area (Å²) in [6, 6.07) is 10.5. The largest absolute Gasteiger partial charge is 0.496 e. The minimum atomic E-state index is -0.237. The Labute approximate surface area is 114 Å². The van der Waals surface area contributed by atoms with Crippen LogP contribution >= 0.6 is 11.3 Å². The van der Waals surface area contributed by atoms with E-state index in [9.17, 15) is 4.39 Å². The summed E-state index contributed by atoms with van der Waals surface area (Å²) in [6.45, 7) is 2.02. The van der Waals surface area contributed by atoms with Gasteiger partial charge < -0.3 is 4.74 Å². The normalized spacial score (nSPS) is 10.9. The molecule has 0 aliphatic rings. The van der Waals surface area contributed by atoms with Crippen LogP contribution < -0.4 is 4.74 Å². The maximum atomic E-state index is 13.2. The van der Waals surface area contributed by atoms with Crippen LogP contribution in [0.2, 0.25) is 0 Å². The molecule has 4 heteroatoms. The van der Waals surface area contributed by atoms with Crippen LogP contribution in [0.15, 0.2) is 36.4 Å². The SMILES string of the molecule is COc1cccc(C)c1-c1nc2ccc(F)cc2s1. The topological polar surface area (TPSA) is 22.1 Å². The highest BCUT2D eigenvalue weighted by Gasteiger charge is 2.13. The number of hydrogen-bond donors (Lipinski definition) is 0. The zero-order valence-electron chi connectivity index (χ0n) is 10.6. The molecule has 19 heavy (non-hydrogen) atoms. The molecule has 0 unspecified atom stereocenters. The quantitative estimate of drug-likeness (QED) is 0.689. The lowest BCUT2D eigenvalue weighted by molar-refractivity contribution is 0.416. The fraction of sp³-hybridized carbons (Fsp3) is 0.133. The van der Waals surface area contributed by atoms with Crippen LogP contribution in [0.1, 0.15) is 5.56 Å². The Bertz CT molecular complexity index is 751. The monoisotopic (exact) mass is 273 g/mol. The number of thiazole rings is 1. The number of benzene rings is 2. The molecule has 2 nitrogen and oxygen atoms in total. The van der Waals surface area contributed by atoms with Gasteiger partial charge in [-0.25, -0.2) is 9.37 Å². The van der Waals surface area contributed by atoms with Crippen molar-refractivity contribution >= 4 is 21.6 Å². The Hall–Kier alpha value is -1.94. The van der Waals surface area contributed by atoms with Crippen molar-refractivity contribution in [2.45, 2.75) is 6.92 Å². The number of ether oxygens (including phenoxy) is 1. The number of rotatable bonds is 2. The van der Waals surface area contributed by atoms with E-state index in [0.29, 0.717) is 0 Å². The summed E-state index contributed by atoms with van der Waals surface area (Å²) in [7, 11) is 1.64. The van der Waals surface area contributed by atoms with Gasteiger partial charge in [-0.2, -0.15) is 0 Å². The molecule has 0 N–H and O–H groups in total. The molecule has 0 radical (unpaired) electrons. The summed E-state index contributed by atoms with van der Waals surface area (Å²) in [5.74, 6) is 0.555. The Balaban J connectivity index is 2.24. The van der Waals surface area contributed by atoms with Crippen LogP contribution in [0.25, 0.3) is 20.8 Å². The zero-order valence-corrected chi connectivity index (χ0v) is 11.4. The summed E-state index contributed by atoms with van der Waals surface area (Å²) >= 11 is 1.48. The van der Waals surface area contributed by atoms with E-state index >= 15 is 0 Å². The second-order valence-corrected chi connectivity index (χ2v) is 5.31. The second-order valence-electron chi connectivity index (χ2n) is 4.28. The standard InChI is InChI=1S/C15H12FNOS/c1-9-4-3-5-12(18-2)14(9)15-17-11-7-6-10(16)8-13(11)19-15/h3-8H,1-2H3. The second kappa shape index (κ2) is 4.63. The lowest BCUT2D eigenvalue weighted by Gasteiger charge is -2.08. The van der Waals surface area contributed by atoms with E-state index in [-0.39, 0.29) is 5.82 Å². The van der Waals surface area contributed by atoms with E-state index in [1.807, 2.05) is 25.1 Å². The molecule has 0 aliphatic carbocycles. The fourth-order valence-electron chi connectivity index (χ4n) is 2.09. The molecule has 2 aromatic carbocycles. The van der Waals surface area contributed by atoms with Crippen molar-refractivity contribution in [1.29, 1.82) is 0 Å². The molecule has 0 spiro atoms. The molecule has 0 saturated carbocycles. The van der Waals surface area contributed by atoms with Crippen molar-refractivity contribution in [1.82, 2.24) is 4.98 Å². The van der Waals surface area contributed by atoms with Gasteiger partial charge in [-0.3, -0.25) is 0 Å². The van der Waals surface area contributed by atoms with Crippen molar-refractivity contribution in [3.05, 3.63) is 47.8 Å². The first kappa shape index (κ1) is 12.1. The highest BCUT2D eigenvalue weighted by Crippen LogP contribution is 2.37. The Morgan fingerprint density at radius 3 is 2.84 bits per heavy atom. The molecule has 1 aromatic heterocycles. The number of nitrogens with zero attached hydrogens (tertiary/aromatic N) is 1. The maximum Gasteiger partial charge on any atom is 0.129 e. The fourth-order valence-corrected chi connectivity index (χ4v) is 3.20. The van der Waals surface area contributed by atoms with Gasteiger partial charge in [0.2, 0.25) is 0 Å². The smallest absolute Gasteiger partial charge is 0.129 e. The molecule has 3 aromatic rings. The molecular weight excluding hydrogens is 261 g/mol. The van der Waals surface area contributed by atoms with Crippen molar-refractivity contribution in [2.75, 3.05) is 7.11 Å². The number of methoxy groups -OCH3 is 1. The van der Waals surface area contributed by atoms with E-state index in [4.69, 9.17) is 4.74 Å². The van der Waals surface area contributed by atoms with Crippen molar-refractivity contribution in [3.63, 3.8) is 0 Å². The van der Waals surface area contributed by atoms with Gasteiger partial charge in [-0.1, -0.05) is 12.1 Å². The van der Waals surface area contributed by atoms with E-state index in [2.05, 4.69) is 4.98 Å². The first-order valence-electron chi connectivity index (χ1n) is 5.89. The summed E-state index contributed by atoms with van der Waals surface area (Å²) in [5.41, 5.74) is 2.89. The minimum Gasteiger partial charge on any atom is -0.496 e. The molecule has 0 atom stereocenters. The molecule has 96 valence electrons. The number of halogens is 1. The van der Waals surface area contributed by atoms with E-state index in [1.54, 1.807) is 13.2 Å². The molecule has 0 amide bonds. The number of hydrogen-bond acceptors (Lipinski definition) is 3. The molecule has 1 heterocycles. The number of aryl methyl sites for hydroxylation is 1. The average molecular weight is 273 g/mol. The van der Waals surface area contributed by atoms with Gasteiger partial charge in [0, 0.05) is 0 Å². The van der Waals surface area contributed by atoms with Crippen molar-refractivity contribution in [3.8, 4) is 16.3 Å². The third-order valence-electron chi connectivity index (χ3n) is 3.02. The number of aromatic nitrogens is 1. The summed E-state index contributed by atoms with van der Waals surface area (Å²) < 4.78 is 19.5. The van der Waals surface area contributed by atoms with Gasteiger partial charge >= 0.3 is 0 Å². The Morgan fingerprint density at radius 1 is 1.21 bits per heavy atom. The van der Waals surface area contributed by atoms with E-state index in [1.165, 1.54) is 23.5 Å². The lowest BCUT2D eigenvalue weighted by Crippen LogP contribution is -1.90. The highest BCUT2D eigenvalue weighted by atomic mass is 32.1. The molecular formula is C15H12FNOS. The van der Waals surface area contributed by atoms with Crippen LogP contribution in [-0.2, 0) is 0 Å². The highest BCUT2D eigenvalue weighted by molar-refractivity contribution is 7.21. The summed E-state index contributed by atoms with van der Waals surface area (Å²) in [5, 5.41) is 0.857. The Kier molecular flexibility index (Phi) is 2.95. The zero-order chi connectivity index (χ0) is 13.4. The van der Waals surface area contributed by atoms with Crippen molar-refractivity contribution in [2.24, 2.45) is 0 Å². The van der Waals surface area contributed by atoms with Gasteiger partial charge in [-0.05, 0) is 36.8 Å². The van der Waals surface area contributed by atoms with Crippen LogP contribution in [0.4, 0.5) is 4.39 Å².